The summed E-state index contributed by atoms with van der Waals surface area (Å²) >= 11 is 0. The molecular formula is C26H32N2O2. The number of amides is 1. The lowest BCUT2D eigenvalue weighted by Crippen LogP contribution is -2.45. The number of carbonyl (C=O) groups is 2. The summed E-state index contributed by atoms with van der Waals surface area (Å²) < 4.78 is 0. The van der Waals surface area contributed by atoms with Crippen molar-refractivity contribution in [3.05, 3.63) is 71.3 Å². The van der Waals surface area contributed by atoms with E-state index in [4.69, 9.17) is 0 Å². The molecule has 0 aromatic heterocycles. The maximum atomic E-state index is 13.0. The van der Waals surface area contributed by atoms with Crippen LogP contribution in [-0.4, -0.2) is 54.2 Å². The number of ketones is 1. The topological polar surface area (TPSA) is 40.6 Å². The van der Waals surface area contributed by atoms with Crippen LogP contribution in [0, 0.1) is 5.41 Å². The van der Waals surface area contributed by atoms with E-state index in [1.807, 2.05) is 4.90 Å². The molecule has 2 aliphatic heterocycles. The van der Waals surface area contributed by atoms with Crippen molar-refractivity contribution in [3.8, 4) is 0 Å². The maximum absolute atomic E-state index is 13.0. The molecule has 0 aliphatic carbocycles. The molecule has 1 unspecified atom stereocenters. The number of aryl methyl sites for hydroxylation is 1. The first-order chi connectivity index (χ1) is 14.5. The SMILES string of the molecule is CC(=O)c1ccc(C(=O)N2CCC3(CCCN(CCCc4ccccc4)C3)C2)cc1. The second-order valence-electron chi connectivity index (χ2n) is 9.08. The number of hydrogen-bond donors (Lipinski definition) is 0. The number of benzene rings is 2. The minimum atomic E-state index is 0.0312. The highest BCUT2D eigenvalue weighted by molar-refractivity contribution is 5.97. The van der Waals surface area contributed by atoms with Crippen LogP contribution in [0.15, 0.2) is 54.6 Å². The summed E-state index contributed by atoms with van der Waals surface area (Å²) in [5, 5.41) is 0. The number of piperidine rings is 1. The molecule has 2 saturated heterocycles. The Morgan fingerprint density at radius 1 is 0.900 bits per heavy atom. The van der Waals surface area contributed by atoms with Crippen molar-refractivity contribution in [1.82, 2.24) is 9.80 Å². The fourth-order valence-electron chi connectivity index (χ4n) is 5.12. The summed E-state index contributed by atoms with van der Waals surface area (Å²) in [6.45, 7) is 6.67. The van der Waals surface area contributed by atoms with Gasteiger partial charge in [0, 0.05) is 36.2 Å². The zero-order valence-electron chi connectivity index (χ0n) is 18.0. The normalized spacial score (nSPS) is 21.8. The van der Waals surface area contributed by atoms with E-state index in [0.717, 1.165) is 39.0 Å². The smallest absolute Gasteiger partial charge is 0.253 e. The molecule has 1 spiro atoms. The van der Waals surface area contributed by atoms with Crippen molar-refractivity contribution in [2.75, 3.05) is 32.7 Å². The number of hydrogen-bond acceptors (Lipinski definition) is 3. The molecule has 1 atom stereocenters. The lowest BCUT2D eigenvalue weighted by Gasteiger charge is -2.40. The quantitative estimate of drug-likeness (QED) is 0.668. The Kier molecular flexibility index (Phi) is 6.33. The molecule has 4 rings (SSSR count). The number of carbonyl (C=O) groups excluding carboxylic acids is 2. The van der Waals surface area contributed by atoms with Crippen LogP contribution in [0.2, 0.25) is 0 Å². The number of nitrogens with zero attached hydrogens (tertiary/aromatic N) is 2. The summed E-state index contributed by atoms with van der Waals surface area (Å²) in [5.41, 5.74) is 3.01. The molecule has 2 fully saturated rings. The zero-order valence-corrected chi connectivity index (χ0v) is 18.0. The molecule has 0 N–H and O–H groups in total. The molecular weight excluding hydrogens is 372 g/mol. The molecule has 4 heteroatoms. The van der Waals surface area contributed by atoms with Gasteiger partial charge in [-0.1, -0.05) is 42.5 Å². The third-order valence-electron chi connectivity index (χ3n) is 6.79. The van der Waals surface area contributed by atoms with Gasteiger partial charge in [-0.25, -0.2) is 0 Å². The third-order valence-corrected chi connectivity index (χ3v) is 6.79. The van der Waals surface area contributed by atoms with Crippen LogP contribution in [0.5, 0.6) is 0 Å². The lowest BCUT2D eigenvalue weighted by atomic mass is 9.79. The third kappa shape index (κ3) is 4.81. The summed E-state index contributed by atoms with van der Waals surface area (Å²) in [4.78, 5) is 29.1. The first-order valence-electron chi connectivity index (χ1n) is 11.2. The highest BCUT2D eigenvalue weighted by atomic mass is 16.2. The van der Waals surface area contributed by atoms with Gasteiger partial charge in [-0.3, -0.25) is 9.59 Å². The fourth-order valence-corrected chi connectivity index (χ4v) is 5.12. The lowest BCUT2D eigenvalue weighted by molar-refractivity contribution is 0.0688. The fraction of sp³-hybridized carbons (Fsp3) is 0.462. The Morgan fingerprint density at radius 3 is 2.37 bits per heavy atom. The standard InChI is InChI=1S/C26H32N2O2/c1-21(29)23-10-12-24(13-11-23)25(30)28-18-15-26(20-28)14-6-17-27(19-26)16-5-9-22-7-3-2-4-8-22/h2-4,7-8,10-13H,5-6,9,14-20H2,1H3. The number of Topliss-reactive ketones (excluding diaryl/α,β-unsaturated/α-hetero) is 1. The molecule has 2 aromatic carbocycles. The maximum Gasteiger partial charge on any atom is 0.253 e. The second kappa shape index (κ2) is 9.13. The highest BCUT2D eigenvalue weighted by Gasteiger charge is 2.42. The van der Waals surface area contributed by atoms with Gasteiger partial charge in [-0.15, -0.1) is 0 Å². The van der Waals surface area contributed by atoms with Crippen LogP contribution < -0.4 is 0 Å². The minimum Gasteiger partial charge on any atom is -0.338 e. The highest BCUT2D eigenvalue weighted by Crippen LogP contribution is 2.39. The largest absolute Gasteiger partial charge is 0.338 e. The van der Waals surface area contributed by atoms with E-state index in [2.05, 4.69) is 35.2 Å². The Labute approximate surface area is 179 Å². The van der Waals surface area contributed by atoms with Crippen molar-refractivity contribution < 1.29 is 9.59 Å². The molecule has 0 bridgehead atoms. The average molecular weight is 405 g/mol. The number of rotatable bonds is 6. The van der Waals surface area contributed by atoms with E-state index < -0.39 is 0 Å². The van der Waals surface area contributed by atoms with E-state index in [9.17, 15) is 9.59 Å². The van der Waals surface area contributed by atoms with Gasteiger partial charge in [0.25, 0.3) is 5.91 Å². The second-order valence-corrected chi connectivity index (χ2v) is 9.08. The molecule has 2 aromatic rings. The van der Waals surface area contributed by atoms with Crippen molar-refractivity contribution >= 4 is 11.7 Å². The Bertz CT molecular complexity index is 878. The van der Waals surface area contributed by atoms with Crippen LogP contribution in [0.1, 0.15) is 58.9 Å². The van der Waals surface area contributed by atoms with Crippen LogP contribution in [0.4, 0.5) is 0 Å². The summed E-state index contributed by atoms with van der Waals surface area (Å²) in [7, 11) is 0. The first kappa shape index (κ1) is 20.8. The van der Waals surface area contributed by atoms with Crippen molar-refractivity contribution in [2.45, 2.75) is 39.0 Å². The molecule has 4 nitrogen and oxygen atoms in total. The molecule has 0 radical (unpaired) electrons. The molecule has 30 heavy (non-hydrogen) atoms. The van der Waals surface area contributed by atoms with Crippen LogP contribution in [0.3, 0.4) is 0 Å². The van der Waals surface area contributed by atoms with Crippen LogP contribution >= 0.6 is 0 Å². The minimum absolute atomic E-state index is 0.0312. The van der Waals surface area contributed by atoms with Gasteiger partial charge < -0.3 is 9.80 Å². The van der Waals surface area contributed by atoms with E-state index in [1.54, 1.807) is 31.2 Å². The van der Waals surface area contributed by atoms with Crippen molar-refractivity contribution in [2.24, 2.45) is 5.41 Å². The Hall–Kier alpha value is -2.46. The predicted octanol–water partition coefficient (Wildman–Crippen LogP) is 4.45. The van der Waals surface area contributed by atoms with Gasteiger partial charge in [0.1, 0.15) is 0 Å². The summed E-state index contributed by atoms with van der Waals surface area (Å²) in [6.07, 6.45) is 5.85. The van der Waals surface area contributed by atoms with E-state index in [0.29, 0.717) is 11.1 Å². The first-order valence-corrected chi connectivity index (χ1v) is 11.2. The van der Waals surface area contributed by atoms with E-state index in [-0.39, 0.29) is 17.1 Å². The molecule has 2 heterocycles. The van der Waals surface area contributed by atoms with Gasteiger partial charge in [-0.2, -0.15) is 0 Å². The van der Waals surface area contributed by atoms with Gasteiger partial charge in [-0.05, 0) is 69.8 Å². The van der Waals surface area contributed by atoms with Gasteiger partial charge in [0.05, 0.1) is 0 Å². The Balaban J connectivity index is 1.31. The molecule has 1 amide bonds. The van der Waals surface area contributed by atoms with Crippen molar-refractivity contribution in [3.63, 3.8) is 0 Å². The molecule has 158 valence electrons. The summed E-state index contributed by atoms with van der Waals surface area (Å²) in [5.74, 6) is 0.131. The van der Waals surface area contributed by atoms with E-state index >= 15 is 0 Å². The van der Waals surface area contributed by atoms with E-state index in [1.165, 1.54) is 31.4 Å². The predicted molar refractivity (Wildman–Crippen MR) is 120 cm³/mol. The molecule has 0 saturated carbocycles. The van der Waals surface area contributed by atoms with Gasteiger partial charge in [0.2, 0.25) is 0 Å². The monoisotopic (exact) mass is 404 g/mol. The number of likely N-dealkylation sites (tertiary alicyclic amines) is 2. The van der Waals surface area contributed by atoms with Crippen molar-refractivity contribution in [1.29, 1.82) is 0 Å². The zero-order chi connectivity index (χ0) is 21.0. The molecule has 2 aliphatic rings. The average Bonchev–Trinajstić information content (AvgIpc) is 3.17. The Morgan fingerprint density at radius 2 is 1.63 bits per heavy atom. The van der Waals surface area contributed by atoms with Crippen LogP contribution in [-0.2, 0) is 6.42 Å². The van der Waals surface area contributed by atoms with Gasteiger partial charge in [0.15, 0.2) is 5.78 Å². The van der Waals surface area contributed by atoms with Gasteiger partial charge >= 0.3 is 0 Å². The van der Waals surface area contributed by atoms with Crippen LogP contribution in [0.25, 0.3) is 0 Å². The summed E-state index contributed by atoms with van der Waals surface area (Å²) in [6, 6.07) is 17.8.